The summed E-state index contributed by atoms with van der Waals surface area (Å²) in [7, 11) is 0. The molecule has 0 bridgehead atoms. The summed E-state index contributed by atoms with van der Waals surface area (Å²) in [4.78, 5) is 13.1. The molecule has 17 heavy (non-hydrogen) atoms. The van der Waals surface area contributed by atoms with Gasteiger partial charge in [-0.25, -0.2) is 4.79 Å². The van der Waals surface area contributed by atoms with E-state index in [0.717, 1.165) is 28.9 Å². The van der Waals surface area contributed by atoms with E-state index in [1.807, 2.05) is 23.1 Å². The number of hydrogen-bond acceptors (Lipinski definition) is 5. The molecular weight excluding hydrogens is 238 g/mol. The summed E-state index contributed by atoms with van der Waals surface area (Å²) in [5.74, 6) is -0.761. The largest absolute Gasteiger partial charge is 0.480 e. The maximum atomic E-state index is 11.2. The lowest BCUT2D eigenvalue weighted by Gasteiger charge is -2.23. The highest BCUT2D eigenvalue weighted by atomic mass is 32.1. The third kappa shape index (κ3) is 1.64. The van der Waals surface area contributed by atoms with Crippen molar-refractivity contribution in [3.05, 3.63) is 18.2 Å². The molecule has 1 aliphatic heterocycles. The fourth-order valence-electron chi connectivity index (χ4n) is 2.33. The van der Waals surface area contributed by atoms with Gasteiger partial charge in [-0.3, -0.25) is 0 Å². The van der Waals surface area contributed by atoms with E-state index in [-0.39, 0.29) is 0 Å². The quantitative estimate of drug-likeness (QED) is 0.878. The van der Waals surface area contributed by atoms with Gasteiger partial charge in [0.25, 0.3) is 0 Å². The highest BCUT2D eigenvalue weighted by Gasteiger charge is 2.31. The zero-order valence-electron chi connectivity index (χ0n) is 9.04. The van der Waals surface area contributed by atoms with Gasteiger partial charge in [-0.2, -0.15) is 0 Å². The maximum Gasteiger partial charge on any atom is 0.326 e. The third-order valence-corrected chi connectivity index (χ3v) is 3.79. The van der Waals surface area contributed by atoms with Crippen molar-refractivity contribution in [1.29, 1.82) is 0 Å². The Hall–Kier alpha value is -1.69. The fraction of sp³-hybridized carbons (Fsp3) is 0.364. The molecular formula is C11H11N3O2S. The van der Waals surface area contributed by atoms with Crippen molar-refractivity contribution in [2.45, 2.75) is 18.9 Å². The van der Waals surface area contributed by atoms with E-state index in [1.165, 1.54) is 11.5 Å². The zero-order chi connectivity index (χ0) is 11.8. The fourth-order valence-corrected chi connectivity index (χ4v) is 2.92. The Balaban J connectivity index is 2.08. The van der Waals surface area contributed by atoms with Crippen molar-refractivity contribution < 1.29 is 9.90 Å². The minimum atomic E-state index is -0.761. The number of anilines is 1. The minimum Gasteiger partial charge on any atom is -0.480 e. The molecule has 1 atom stereocenters. The van der Waals surface area contributed by atoms with Gasteiger partial charge in [-0.05, 0) is 36.5 Å². The normalized spacial score (nSPS) is 20.0. The van der Waals surface area contributed by atoms with Crippen LogP contribution in [0.2, 0.25) is 0 Å². The predicted octanol–water partition coefficient (Wildman–Crippen LogP) is 1.74. The number of carboxylic acid groups (broad SMARTS) is 1. The molecule has 1 N–H and O–H groups in total. The molecule has 0 radical (unpaired) electrons. The van der Waals surface area contributed by atoms with Crippen molar-refractivity contribution in [2.75, 3.05) is 11.4 Å². The highest BCUT2D eigenvalue weighted by Crippen LogP contribution is 2.32. The minimum absolute atomic E-state index is 0.428. The molecule has 1 saturated heterocycles. The van der Waals surface area contributed by atoms with Gasteiger partial charge in [0, 0.05) is 6.54 Å². The van der Waals surface area contributed by atoms with Crippen LogP contribution in [0.4, 0.5) is 5.69 Å². The van der Waals surface area contributed by atoms with Crippen LogP contribution in [0, 0.1) is 0 Å². The topological polar surface area (TPSA) is 66.3 Å². The Labute approximate surface area is 102 Å². The second-order valence-corrected chi connectivity index (χ2v) is 4.87. The number of carbonyl (C=O) groups is 1. The molecule has 1 fully saturated rings. The van der Waals surface area contributed by atoms with E-state index >= 15 is 0 Å². The van der Waals surface area contributed by atoms with Crippen LogP contribution in [-0.2, 0) is 4.79 Å². The lowest BCUT2D eigenvalue weighted by atomic mass is 10.2. The van der Waals surface area contributed by atoms with Gasteiger partial charge < -0.3 is 10.0 Å². The molecule has 1 aromatic carbocycles. The number of fused-ring (bicyclic) bond motifs is 1. The number of aliphatic carboxylic acids is 1. The summed E-state index contributed by atoms with van der Waals surface area (Å²) in [5.41, 5.74) is 1.70. The van der Waals surface area contributed by atoms with Crippen LogP contribution >= 0.6 is 11.5 Å². The number of aromatic nitrogens is 2. The van der Waals surface area contributed by atoms with E-state index < -0.39 is 12.0 Å². The average Bonchev–Trinajstić information content (AvgIpc) is 2.97. The Morgan fingerprint density at radius 3 is 3.24 bits per heavy atom. The molecule has 6 heteroatoms. The van der Waals surface area contributed by atoms with E-state index in [9.17, 15) is 9.90 Å². The maximum absolute atomic E-state index is 11.2. The Morgan fingerprint density at radius 1 is 1.53 bits per heavy atom. The number of hydrogen-bond donors (Lipinski definition) is 1. The Bertz CT molecular complexity index is 569. The van der Waals surface area contributed by atoms with Crippen LogP contribution in [0.1, 0.15) is 12.8 Å². The standard InChI is InChI=1S/C11H11N3O2S/c15-11(16)8-4-2-6-14(8)7-3-1-5-9-10(7)12-13-17-9/h1,3,5,8H,2,4,6H2,(H,15,16). The van der Waals surface area contributed by atoms with Crippen LogP contribution in [0.3, 0.4) is 0 Å². The second kappa shape index (κ2) is 3.96. The van der Waals surface area contributed by atoms with Crippen molar-refractivity contribution in [3.8, 4) is 0 Å². The molecule has 2 aromatic rings. The van der Waals surface area contributed by atoms with Gasteiger partial charge in [0.05, 0.1) is 10.4 Å². The van der Waals surface area contributed by atoms with E-state index in [2.05, 4.69) is 9.59 Å². The number of nitrogens with zero attached hydrogens (tertiary/aromatic N) is 3. The summed E-state index contributed by atoms with van der Waals surface area (Å²) in [5, 5.41) is 13.3. The van der Waals surface area contributed by atoms with Gasteiger partial charge >= 0.3 is 5.97 Å². The van der Waals surface area contributed by atoms with Crippen molar-refractivity contribution in [1.82, 2.24) is 9.59 Å². The molecule has 0 spiro atoms. The lowest BCUT2D eigenvalue weighted by Crippen LogP contribution is -2.35. The van der Waals surface area contributed by atoms with Crippen molar-refractivity contribution in [3.63, 3.8) is 0 Å². The van der Waals surface area contributed by atoms with E-state index in [4.69, 9.17) is 0 Å². The first-order valence-corrected chi connectivity index (χ1v) is 6.25. The summed E-state index contributed by atoms with van der Waals surface area (Å²) < 4.78 is 4.92. The van der Waals surface area contributed by atoms with Crippen LogP contribution in [0.15, 0.2) is 18.2 Å². The van der Waals surface area contributed by atoms with Gasteiger partial charge in [0.1, 0.15) is 11.6 Å². The van der Waals surface area contributed by atoms with Crippen LogP contribution in [0.25, 0.3) is 10.2 Å². The number of carboxylic acids is 1. The average molecular weight is 249 g/mol. The molecule has 0 saturated carbocycles. The first kappa shape index (κ1) is 10.5. The summed E-state index contributed by atoms with van der Waals surface area (Å²) in [6.45, 7) is 0.771. The van der Waals surface area contributed by atoms with E-state index in [1.54, 1.807) is 0 Å². The molecule has 3 rings (SSSR count). The third-order valence-electron chi connectivity index (χ3n) is 3.10. The zero-order valence-corrected chi connectivity index (χ0v) is 9.85. The smallest absolute Gasteiger partial charge is 0.326 e. The lowest BCUT2D eigenvalue weighted by molar-refractivity contribution is -0.138. The molecule has 0 aliphatic carbocycles. The molecule has 1 unspecified atom stereocenters. The number of rotatable bonds is 2. The molecule has 2 heterocycles. The molecule has 5 nitrogen and oxygen atoms in total. The van der Waals surface area contributed by atoms with Crippen LogP contribution < -0.4 is 4.90 Å². The molecule has 1 aliphatic rings. The summed E-state index contributed by atoms with van der Waals surface area (Å²) in [6, 6.07) is 5.37. The predicted molar refractivity (Wildman–Crippen MR) is 65.4 cm³/mol. The molecule has 1 aromatic heterocycles. The first-order valence-electron chi connectivity index (χ1n) is 5.48. The second-order valence-electron chi connectivity index (χ2n) is 4.09. The van der Waals surface area contributed by atoms with Crippen LogP contribution in [-0.4, -0.2) is 33.2 Å². The van der Waals surface area contributed by atoms with Gasteiger partial charge in [0.2, 0.25) is 0 Å². The van der Waals surface area contributed by atoms with Crippen molar-refractivity contribution >= 4 is 33.4 Å². The summed E-state index contributed by atoms with van der Waals surface area (Å²) >= 11 is 1.33. The van der Waals surface area contributed by atoms with E-state index in [0.29, 0.717) is 6.42 Å². The molecule has 88 valence electrons. The van der Waals surface area contributed by atoms with Crippen LogP contribution in [0.5, 0.6) is 0 Å². The monoisotopic (exact) mass is 249 g/mol. The van der Waals surface area contributed by atoms with Gasteiger partial charge in [-0.1, -0.05) is 10.6 Å². The highest BCUT2D eigenvalue weighted by molar-refractivity contribution is 7.13. The Morgan fingerprint density at radius 2 is 2.41 bits per heavy atom. The summed E-state index contributed by atoms with van der Waals surface area (Å²) in [6.07, 6.45) is 1.61. The van der Waals surface area contributed by atoms with Gasteiger partial charge in [-0.15, -0.1) is 5.10 Å². The van der Waals surface area contributed by atoms with Crippen molar-refractivity contribution in [2.24, 2.45) is 0 Å². The first-order chi connectivity index (χ1) is 8.27. The Kier molecular flexibility index (Phi) is 2.44. The number of benzene rings is 1. The van der Waals surface area contributed by atoms with Gasteiger partial charge in [0.15, 0.2) is 0 Å². The molecule has 0 amide bonds. The SMILES string of the molecule is O=C(O)C1CCCN1c1cccc2snnc12.